The molecule has 8 nitrogen and oxygen atoms in total. The lowest BCUT2D eigenvalue weighted by Gasteiger charge is -2.24. The first-order valence-electron chi connectivity index (χ1n) is 25.5. The maximum Gasteiger partial charge on any atom is 0.241 e. The summed E-state index contributed by atoms with van der Waals surface area (Å²) in [7, 11) is 0. The molecule has 0 saturated carbocycles. The summed E-state index contributed by atoms with van der Waals surface area (Å²) in [6, 6.07) is -0.310. The summed E-state index contributed by atoms with van der Waals surface area (Å²) in [4.78, 5) is 28.8. The number of rotatable bonds is 48. The van der Waals surface area contributed by atoms with Crippen LogP contribution in [0.2, 0.25) is 0 Å². The van der Waals surface area contributed by atoms with Crippen molar-refractivity contribution in [2.75, 3.05) is 52.4 Å². The molecule has 0 aromatic rings. The molecule has 0 heterocycles. The van der Waals surface area contributed by atoms with Crippen LogP contribution in [-0.2, 0) is 9.59 Å². The second-order valence-electron chi connectivity index (χ2n) is 17.4. The lowest BCUT2D eigenvalue weighted by Crippen LogP contribution is -2.48. The lowest BCUT2D eigenvalue weighted by molar-refractivity contribution is -0.133. The Labute approximate surface area is 356 Å². The van der Waals surface area contributed by atoms with Crippen molar-refractivity contribution in [1.82, 2.24) is 20.9 Å². The monoisotopic (exact) mass is 807 g/mol. The quantitative estimate of drug-likeness (QED) is 0.0390. The predicted octanol–water partition coefficient (Wildman–Crippen LogP) is 11.5. The van der Waals surface area contributed by atoms with Crippen LogP contribution in [0.15, 0.2) is 0 Å². The van der Waals surface area contributed by atoms with Gasteiger partial charge in [0.25, 0.3) is 0 Å². The van der Waals surface area contributed by atoms with Crippen LogP contribution >= 0.6 is 0 Å². The summed E-state index contributed by atoms with van der Waals surface area (Å²) in [5.41, 5.74) is 11.3. The van der Waals surface area contributed by atoms with Crippen LogP contribution in [0.4, 0.5) is 0 Å². The molecule has 0 aromatic carbocycles. The number of carbonyl (C=O) groups excluding carboxylic acids is 2. The van der Waals surface area contributed by atoms with E-state index in [2.05, 4.69) is 29.8 Å². The SMILES string of the molecule is CCCCCCCCCCCCCCCCCCN(CCCCCCCCCCCCCCCCCC)C(=O)CNC(=O)[C@H](CCCNCCCN)NCCCN. The first-order valence-corrected chi connectivity index (χ1v) is 25.5. The summed E-state index contributed by atoms with van der Waals surface area (Å²) in [5, 5.41) is 9.79. The fourth-order valence-electron chi connectivity index (χ4n) is 7.95. The average Bonchev–Trinajstić information content (AvgIpc) is 3.22. The standard InChI is InChI=1S/C49H102N6O2/c1-3-5-7-9-11-13-15-17-19-21-23-25-27-29-31-33-44-55(45-34-32-30-28-26-24-22-20-18-16-14-12-10-8-6-4-2)48(56)46-54-49(57)47(53-43-37-40-51)38-35-41-52-42-36-39-50/h47,52-53H,3-46,50-51H2,1-2H3,(H,54,57)/t47-/m0/s1. The van der Waals surface area contributed by atoms with Crippen molar-refractivity contribution in [2.24, 2.45) is 11.5 Å². The molecule has 0 radical (unpaired) electrons. The maximum absolute atomic E-state index is 13.5. The van der Waals surface area contributed by atoms with Gasteiger partial charge in [-0.15, -0.1) is 0 Å². The van der Waals surface area contributed by atoms with Gasteiger partial charge in [-0.3, -0.25) is 9.59 Å². The first kappa shape index (κ1) is 55.8. The molecule has 0 fully saturated rings. The maximum atomic E-state index is 13.5. The minimum absolute atomic E-state index is 0.0643. The van der Waals surface area contributed by atoms with Crippen molar-refractivity contribution in [2.45, 2.75) is 251 Å². The summed E-state index contributed by atoms with van der Waals surface area (Å²) in [6.07, 6.45) is 46.5. The molecule has 0 unspecified atom stereocenters. The Bertz CT molecular complexity index is 779. The number of amides is 2. The summed E-state index contributed by atoms with van der Waals surface area (Å²) < 4.78 is 0. The number of hydrogen-bond acceptors (Lipinski definition) is 6. The third-order valence-corrected chi connectivity index (χ3v) is 11.8. The van der Waals surface area contributed by atoms with E-state index in [1.54, 1.807) is 0 Å². The minimum Gasteiger partial charge on any atom is -0.346 e. The fraction of sp³-hybridized carbons (Fsp3) is 0.959. The van der Waals surface area contributed by atoms with Gasteiger partial charge in [0.2, 0.25) is 11.8 Å². The topological polar surface area (TPSA) is 126 Å². The van der Waals surface area contributed by atoms with Gasteiger partial charge in [-0.2, -0.15) is 0 Å². The molecule has 1 atom stereocenters. The van der Waals surface area contributed by atoms with Crippen molar-refractivity contribution in [3.63, 3.8) is 0 Å². The van der Waals surface area contributed by atoms with E-state index in [-0.39, 0.29) is 24.4 Å². The van der Waals surface area contributed by atoms with Gasteiger partial charge in [0.15, 0.2) is 0 Å². The van der Waals surface area contributed by atoms with Gasteiger partial charge in [0, 0.05) is 13.1 Å². The molecule has 0 saturated heterocycles. The predicted molar refractivity (Wildman–Crippen MR) is 250 cm³/mol. The van der Waals surface area contributed by atoms with Crippen molar-refractivity contribution in [1.29, 1.82) is 0 Å². The van der Waals surface area contributed by atoms with Gasteiger partial charge >= 0.3 is 0 Å². The molecule has 8 heteroatoms. The van der Waals surface area contributed by atoms with Crippen molar-refractivity contribution < 1.29 is 9.59 Å². The zero-order valence-corrected chi connectivity index (χ0v) is 38.6. The molecule has 0 aliphatic rings. The van der Waals surface area contributed by atoms with Gasteiger partial charge in [-0.25, -0.2) is 0 Å². The zero-order valence-electron chi connectivity index (χ0n) is 38.6. The Kier molecular flexibility index (Phi) is 46.4. The molecule has 0 aliphatic carbocycles. The van der Waals surface area contributed by atoms with E-state index in [9.17, 15) is 9.59 Å². The summed E-state index contributed by atoms with van der Waals surface area (Å²) in [6.45, 7) is 10.0. The Morgan fingerprint density at radius 3 is 1.14 bits per heavy atom. The van der Waals surface area contributed by atoms with Gasteiger partial charge < -0.3 is 32.3 Å². The summed E-state index contributed by atoms with van der Waals surface area (Å²) >= 11 is 0. The van der Waals surface area contributed by atoms with E-state index in [0.29, 0.717) is 19.6 Å². The van der Waals surface area contributed by atoms with Crippen LogP contribution < -0.4 is 27.4 Å². The van der Waals surface area contributed by atoms with E-state index >= 15 is 0 Å². The first-order chi connectivity index (χ1) is 28.1. The molecule has 57 heavy (non-hydrogen) atoms. The van der Waals surface area contributed by atoms with Crippen molar-refractivity contribution >= 4 is 11.8 Å². The third kappa shape index (κ3) is 41.3. The largest absolute Gasteiger partial charge is 0.346 e. The van der Waals surface area contributed by atoms with Gasteiger partial charge in [-0.05, 0) is 71.2 Å². The van der Waals surface area contributed by atoms with E-state index in [4.69, 9.17) is 11.5 Å². The van der Waals surface area contributed by atoms with Crippen LogP contribution in [-0.4, -0.2) is 75.1 Å². The highest BCUT2D eigenvalue weighted by Gasteiger charge is 2.20. The van der Waals surface area contributed by atoms with Crippen LogP contribution in [0.3, 0.4) is 0 Å². The second-order valence-corrected chi connectivity index (χ2v) is 17.4. The summed E-state index contributed by atoms with van der Waals surface area (Å²) in [5.74, 6) is -0.0125. The zero-order chi connectivity index (χ0) is 41.5. The highest BCUT2D eigenvalue weighted by atomic mass is 16.2. The van der Waals surface area contributed by atoms with Crippen LogP contribution in [0.1, 0.15) is 245 Å². The molecule has 0 aromatic heterocycles. The van der Waals surface area contributed by atoms with E-state index in [1.807, 2.05) is 4.90 Å². The molecule has 0 aliphatic heterocycles. The van der Waals surface area contributed by atoms with Gasteiger partial charge in [-0.1, -0.05) is 206 Å². The number of hydrogen-bond donors (Lipinski definition) is 5. The highest BCUT2D eigenvalue weighted by molar-refractivity contribution is 5.87. The Morgan fingerprint density at radius 2 is 0.772 bits per heavy atom. The Morgan fingerprint density at radius 1 is 0.439 bits per heavy atom. The van der Waals surface area contributed by atoms with Crippen molar-refractivity contribution in [3.05, 3.63) is 0 Å². The highest BCUT2D eigenvalue weighted by Crippen LogP contribution is 2.16. The molecule has 2 amide bonds. The van der Waals surface area contributed by atoms with E-state index < -0.39 is 0 Å². The van der Waals surface area contributed by atoms with Crippen LogP contribution in [0.25, 0.3) is 0 Å². The smallest absolute Gasteiger partial charge is 0.241 e. The molecule has 0 spiro atoms. The molecule has 0 bridgehead atoms. The van der Waals surface area contributed by atoms with E-state index in [0.717, 1.165) is 64.7 Å². The van der Waals surface area contributed by atoms with E-state index in [1.165, 1.54) is 193 Å². The van der Waals surface area contributed by atoms with Crippen LogP contribution in [0, 0.1) is 0 Å². The number of nitrogens with zero attached hydrogens (tertiary/aromatic N) is 1. The molecular weight excluding hydrogens is 705 g/mol. The molecular formula is C49H102N6O2. The normalized spacial score (nSPS) is 12.0. The Hall–Kier alpha value is -1.22. The number of unbranched alkanes of at least 4 members (excludes halogenated alkanes) is 30. The lowest BCUT2D eigenvalue weighted by atomic mass is 10.0. The Balaban J connectivity index is 4.53. The third-order valence-electron chi connectivity index (χ3n) is 11.8. The average molecular weight is 807 g/mol. The molecule has 340 valence electrons. The second kappa shape index (κ2) is 47.5. The van der Waals surface area contributed by atoms with Gasteiger partial charge in [0.1, 0.15) is 0 Å². The number of nitrogens with one attached hydrogen (secondary N) is 3. The van der Waals surface area contributed by atoms with Gasteiger partial charge in [0.05, 0.1) is 12.6 Å². The van der Waals surface area contributed by atoms with Crippen molar-refractivity contribution in [3.8, 4) is 0 Å². The molecule has 0 rings (SSSR count). The minimum atomic E-state index is -0.310. The fourth-order valence-corrected chi connectivity index (χ4v) is 7.95. The number of carbonyl (C=O) groups is 2. The van der Waals surface area contributed by atoms with Crippen LogP contribution in [0.5, 0.6) is 0 Å². The molecule has 7 N–H and O–H groups in total. The number of nitrogens with two attached hydrogens (primary N) is 2.